The summed E-state index contributed by atoms with van der Waals surface area (Å²) in [7, 11) is 1.60. The molecule has 0 unspecified atom stereocenters. The number of para-hydroxylation sites is 2. The van der Waals surface area contributed by atoms with Crippen LogP contribution in [0.2, 0.25) is 0 Å². The van der Waals surface area contributed by atoms with E-state index in [0.29, 0.717) is 23.9 Å². The van der Waals surface area contributed by atoms with E-state index < -0.39 is 0 Å². The molecule has 1 heterocycles. The molecule has 3 rings (SSSR count). The smallest absolute Gasteiger partial charge is 0.236 e. The maximum atomic E-state index is 12.3. The number of amides is 1. The van der Waals surface area contributed by atoms with Crippen LogP contribution in [0.25, 0.3) is 11.4 Å². The summed E-state index contributed by atoms with van der Waals surface area (Å²) in [5.74, 6) is 1.76. The van der Waals surface area contributed by atoms with Gasteiger partial charge in [-0.25, -0.2) is 0 Å². The van der Waals surface area contributed by atoms with Gasteiger partial charge in [0.25, 0.3) is 0 Å². The van der Waals surface area contributed by atoms with Crippen molar-refractivity contribution >= 4 is 11.6 Å². The Morgan fingerprint density at radius 2 is 1.92 bits per heavy atom. The van der Waals surface area contributed by atoms with E-state index in [4.69, 9.17) is 14.0 Å². The van der Waals surface area contributed by atoms with Crippen LogP contribution >= 0.6 is 0 Å². The molecule has 1 aromatic heterocycles. The average Bonchev–Trinajstić information content (AvgIpc) is 3.12. The maximum Gasteiger partial charge on any atom is 0.236 e. The Kier molecular flexibility index (Phi) is 5.48. The quantitative estimate of drug-likeness (QED) is 0.701. The number of hydrogen-bond acceptors (Lipinski definition) is 6. The number of nitrogens with zero attached hydrogens (tertiary/aromatic N) is 2. The van der Waals surface area contributed by atoms with Crippen molar-refractivity contribution in [3.05, 3.63) is 54.4 Å². The van der Waals surface area contributed by atoms with E-state index in [9.17, 15) is 4.79 Å². The highest BCUT2D eigenvalue weighted by molar-refractivity contribution is 5.93. The van der Waals surface area contributed by atoms with Gasteiger partial charge in [-0.3, -0.25) is 4.79 Å². The molecule has 1 N–H and O–H groups in total. The van der Waals surface area contributed by atoms with Crippen molar-refractivity contribution < 1.29 is 18.8 Å². The fourth-order valence-corrected chi connectivity index (χ4v) is 2.37. The third-order valence-corrected chi connectivity index (χ3v) is 3.59. The van der Waals surface area contributed by atoms with Crippen LogP contribution in [0.5, 0.6) is 11.5 Å². The SMILES string of the molecule is CCOc1ccccc1NC(=O)Cc1nc(-c2ccc(OC)cc2)no1. The van der Waals surface area contributed by atoms with Gasteiger partial charge < -0.3 is 19.3 Å². The van der Waals surface area contributed by atoms with Crippen molar-refractivity contribution in [2.75, 3.05) is 19.0 Å². The van der Waals surface area contributed by atoms with Gasteiger partial charge >= 0.3 is 0 Å². The average molecular weight is 353 g/mol. The minimum absolute atomic E-state index is 0.0242. The number of ether oxygens (including phenoxy) is 2. The first-order valence-corrected chi connectivity index (χ1v) is 8.18. The Balaban J connectivity index is 1.66. The molecule has 0 bridgehead atoms. The summed E-state index contributed by atoms with van der Waals surface area (Å²) >= 11 is 0. The minimum Gasteiger partial charge on any atom is -0.497 e. The number of benzene rings is 2. The highest BCUT2D eigenvalue weighted by Crippen LogP contribution is 2.24. The fourth-order valence-electron chi connectivity index (χ4n) is 2.37. The third-order valence-electron chi connectivity index (χ3n) is 3.59. The number of hydrogen-bond donors (Lipinski definition) is 1. The standard InChI is InChI=1S/C19H19N3O4/c1-3-25-16-7-5-4-6-15(16)20-17(23)12-18-21-19(22-26-18)13-8-10-14(24-2)11-9-13/h4-11H,3,12H2,1-2H3,(H,20,23). The maximum absolute atomic E-state index is 12.3. The van der Waals surface area contributed by atoms with E-state index in [2.05, 4.69) is 15.5 Å². The summed E-state index contributed by atoms with van der Waals surface area (Å²) in [6, 6.07) is 14.5. The van der Waals surface area contributed by atoms with Gasteiger partial charge in [-0.1, -0.05) is 17.3 Å². The fraction of sp³-hybridized carbons (Fsp3) is 0.211. The van der Waals surface area contributed by atoms with Crippen LogP contribution in [-0.2, 0) is 11.2 Å². The van der Waals surface area contributed by atoms with Gasteiger partial charge in [-0.15, -0.1) is 0 Å². The predicted molar refractivity (Wildman–Crippen MR) is 96.2 cm³/mol. The van der Waals surface area contributed by atoms with Crippen molar-refractivity contribution in [1.82, 2.24) is 10.1 Å². The molecular formula is C19H19N3O4. The number of anilines is 1. The number of methoxy groups -OCH3 is 1. The largest absolute Gasteiger partial charge is 0.497 e. The van der Waals surface area contributed by atoms with Gasteiger partial charge in [0, 0.05) is 5.56 Å². The Bertz CT molecular complexity index is 875. The molecule has 7 heteroatoms. The van der Waals surface area contributed by atoms with E-state index in [1.807, 2.05) is 43.3 Å². The van der Waals surface area contributed by atoms with Gasteiger partial charge in [0.2, 0.25) is 17.6 Å². The second-order valence-corrected chi connectivity index (χ2v) is 5.39. The predicted octanol–water partition coefficient (Wildman–Crippen LogP) is 3.33. The van der Waals surface area contributed by atoms with E-state index in [0.717, 1.165) is 11.3 Å². The van der Waals surface area contributed by atoms with Gasteiger partial charge in [0.05, 0.1) is 19.4 Å². The second kappa shape index (κ2) is 8.15. The first-order valence-electron chi connectivity index (χ1n) is 8.18. The first-order chi connectivity index (χ1) is 12.7. The number of rotatable bonds is 7. The molecule has 0 radical (unpaired) electrons. The molecule has 26 heavy (non-hydrogen) atoms. The van der Waals surface area contributed by atoms with E-state index in [-0.39, 0.29) is 18.2 Å². The van der Waals surface area contributed by atoms with Crippen molar-refractivity contribution in [3.8, 4) is 22.9 Å². The Morgan fingerprint density at radius 1 is 1.15 bits per heavy atom. The summed E-state index contributed by atoms with van der Waals surface area (Å²) in [6.07, 6.45) is -0.0242. The zero-order valence-corrected chi connectivity index (χ0v) is 14.6. The summed E-state index contributed by atoms with van der Waals surface area (Å²) in [4.78, 5) is 16.5. The van der Waals surface area contributed by atoms with Crippen LogP contribution in [0.15, 0.2) is 53.1 Å². The Hall–Kier alpha value is -3.35. The van der Waals surface area contributed by atoms with Crippen LogP contribution in [0.4, 0.5) is 5.69 Å². The van der Waals surface area contributed by atoms with Crippen molar-refractivity contribution in [1.29, 1.82) is 0 Å². The van der Waals surface area contributed by atoms with Gasteiger partial charge in [0.15, 0.2) is 0 Å². The molecule has 0 saturated heterocycles. The van der Waals surface area contributed by atoms with E-state index in [1.165, 1.54) is 0 Å². The van der Waals surface area contributed by atoms with E-state index >= 15 is 0 Å². The number of carbonyl (C=O) groups excluding carboxylic acids is 1. The molecule has 0 aliphatic rings. The van der Waals surface area contributed by atoms with Crippen molar-refractivity contribution in [3.63, 3.8) is 0 Å². The zero-order chi connectivity index (χ0) is 18.4. The number of nitrogens with one attached hydrogen (secondary N) is 1. The number of aromatic nitrogens is 2. The van der Waals surface area contributed by atoms with Crippen molar-refractivity contribution in [2.24, 2.45) is 0 Å². The first kappa shape index (κ1) is 17.5. The van der Waals surface area contributed by atoms with Gasteiger partial charge in [-0.05, 0) is 43.3 Å². The minimum atomic E-state index is -0.262. The summed E-state index contributed by atoms with van der Waals surface area (Å²) in [5, 5.41) is 6.72. The lowest BCUT2D eigenvalue weighted by Crippen LogP contribution is -2.15. The summed E-state index contributed by atoms with van der Waals surface area (Å²) < 4.78 is 15.8. The molecule has 1 amide bonds. The van der Waals surface area contributed by atoms with Crippen LogP contribution < -0.4 is 14.8 Å². The molecule has 7 nitrogen and oxygen atoms in total. The zero-order valence-electron chi connectivity index (χ0n) is 14.6. The van der Waals surface area contributed by atoms with Crippen LogP contribution in [0.1, 0.15) is 12.8 Å². The van der Waals surface area contributed by atoms with E-state index in [1.54, 1.807) is 19.2 Å². The third kappa shape index (κ3) is 4.18. The lowest BCUT2D eigenvalue weighted by molar-refractivity contribution is -0.115. The van der Waals surface area contributed by atoms with Crippen LogP contribution in [-0.4, -0.2) is 29.8 Å². The molecule has 3 aromatic rings. The van der Waals surface area contributed by atoms with Crippen LogP contribution in [0, 0.1) is 0 Å². The lowest BCUT2D eigenvalue weighted by atomic mass is 10.2. The molecule has 2 aromatic carbocycles. The normalized spacial score (nSPS) is 10.4. The van der Waals surface area contributed by atoms with Crippen molar-refractivity contribution in [2.45, 2.75) is 13.3 Å². The van der Waals surface area contributed by atoms with Gasteiger partial charge in [0.1, 0.15) is 17.9 Å². The van der Waals surface area contributed by atoms with Gasteiger partial charge in [-0.2, -0.15) is 4.98 Å². The van der Waals surface area contributed by atoms with Crippen LogP contribution in [0.3, 0.4) is 0 Å². The molecule has 0 spiro atoms. The lowest BCUT2D eigenvalue weighted by Gasteiger charge is -2.10. The molecule has 0 aliphatic heterocycles. The number of carbonyl (C=O) groups is 1. The second-order valence-electron chi connectivity index (χ2n) is 5.39. The molecular weight excluding hydrogens is 334 g/mol. The molecule has 134 valence electrons. The summed E-state index contributed by atoms with van der Waals surface area (Å²) in [6.45, 7) is 2.40. The summed E-state index contributed by atoms with van der Waals surface area (Å²) in [5.41, 5.74) is 1.39. The monoisotopic (exact) mass is 353 g/mol. The Morgan fingerprint density at radius 3 is 2.65 bits per heavy atom. The highest BCUT2D eigenvalue weighted by atomic mass is 16.5. The topological polar surface area (TPSA) is 86.5 Å². The Labute approximate surface area is 150 Å². The molecule has 0 atom stereocenters. The molecule has 0 saturated carbocycles. The highest BCUT2D eigenvalue weighted by Gasteiger charge is 2.14. The molecule has 0 fully saturated rings. The molecule has 0 aliphatic carbocycles.